The van der Waals surface area contributed by atoms with Gasteiger partial charge in [-0.05, 0) is 6.92 Å². The predicted octanol–water partition coefficient (Wildman–Crippen LogP) is 0.522. The lowest BCUT2D eigenvalue weighted by Crippen LogP contribution is -2.16. The number of nitrogens with zero attached hydrogens (tertiary/aromatic N) is 3. The summed E-state index contributed by atoms with van der Waals surface area (Å²) in [6.45, 7) is 2.22. The molecule has 0 saturated carbocycles. The van der Waals surface area contributed by atoms with E-state index in [0.717, 1.165) is 5.69 Å². The molecule has 6 nitrogen and oxygen atoms in total. The Kier molecular flexibility index (Phi) is 3.44. The summed E-state index contributed by atoms with van der Waals surface area (Å²) >= 11 is 6.06. The highest BCUT2D eigenvalue weighted by molar-refractivity contribution is 6.20. The van der Waals surface area contributed by atoms with E-state index in [9.17, 15) is 4.79 Å². The summed E-state index contributed by atoms with van der Waals surface area (Å²) in [6, 6.07) is 1.75. The number of hydrogen-bond acceptors (Lipinski definition) is 4. The minimum atomic E-state index is -0.282. The molecule has 0 amide bonds. The summed E-state index contributed by atoms with van der Waals surface area (Å²) in [5.74, 6) is 0.595. The number of halogens is 1. The molecule has 0 aromatic carbocycles. The van der Waals surface area contributed by atoms with Crippen LogP contribution >= 0.6 is 11.6 Å². The Labute approximate surface area is 103 Å². The van der Waals surface area contributed by atoms with Crippen LogP contribution in [0.5, 0.6) is 0 Å². The average Bonchev–Trinajstić information content (AvgIpc) is 2.60. The summed E-state index contributed by atoms with van der Waals surface area (Å²) in [4.78, 5) is 15.7. The number of hydrogen-bond donors (Lipinski definition) is 1. The first kappa shape index (κ1) is 12.1. The molecule has 0 aliphatic rings. The second kappa shape index (κ2) is 4.85. The van der Waals surface area contributed by atoms with Crippen LogP contribution in [0.25, 0.3) is 5.65 Å². The van der Waals surface area contributed by atoms with Gasteiger partial charge in [-0.2, -0.15) is 5.10 Å². The van der Waals surface area contributed by atoms with Gasteiger partial charge in [0.1, 0.15) is 5.82 Å². The van der Waals surface area contributed by atoms with Crippen LogP contribution in [0.1, 0.15) is 11.5 Å². The second-order valence-corrected chi connectivity index (χ2v) is 4.39. The molecule has 2 rings (SSSR count). The largest absolute Gasteiger partial charge is 0.383 e. The number of methoxy groups -OCH3 is 1. The van der Waals surface area contributed by atoms with Crippen molar-refractivity contribution >= 4 is 17.2 Å². The maximum Gasteiger partial charge on any atom is 0.349 e. The van der Waals surface area contributed by atoms with E-state index in [-0.39, 0.29) is 11.1 Å². The van der Waals surface area contributed by atoms with Gasteiger partial charge in [0.15, 0.2) is 5.65 Å². The number of fused-ring (bicyclic) bond motifs is 1. The third-order valence-electron chi connectivity index (χ3n) is 2.40. The van der Waals surface area contributed by atoms with Gasteiger partial charge in [-0.3, -0.25) is 0 Å². The number of H-pyrrole nitrogens is 1. The Balaban J connectivity index is 2.34. The van der Waals surface area contributed by atoms with Gasteiger partial charge in [-0.1, -0.05) is 0 Å². The lowest BCUT2D eigenvalue weighted by Gasteiger charge is -2.08. The quantitative estimate of drug-likeness (QED) is 0.810. The molecular weight excluding hydrogens is 244 g/mol. The highest BCUT2D eigenvalue weighted by Gasteiger charge is 2.11. The minimum absolute atomic E-state index is 0.139. The molecular formula is C10H13ClN4O2. The van der Waals surface area contributed by atoms with Gasteiger partial charge in [0.05, 0.1) is 12.0 Å². The molecule has 1 N–H and O–H groups in total. The van der Waals surface area contributed by atoms with Gasteiger partial charge in [0, 0.05) is 25.3 Å². The zero-order valence-electron chi connectivity index (χ0n) is 9.61. The molecule has 0 fully saturated rings. The Morgan fingerprint density at radius 3 is 3.12 bits per heavy atom. The number of aromatic amines is 1. The van der Waals surface area contributed by atoms with Crippen molar-refractivity contribution in [1.29, 1.82) is 0 Å². The number of nitrogens with one attached hydrogen (secondary N) is 1. The molecule has 0 bridgehead atoms. The molecule has 0 saturated heterocycles. The van der Waals surface area contributed by atoms with E-state index in [0.29, 0.717) is 24.5 Å². The third kappa shape index (κ3) is 2.48. The Bertz CT molecular complexity index is 577. The standard InChI is InChI=1S/C10H13ClN4O2/c1-6-12-8(3-7(11)5-17-2)4-9-13-14-10(16)15(6)9/h4,7H,3,5H2,1-2H3,(H,14,16). The van der Waals surface area contributed by atoms with Gasteiger partial charge in [0.25, 0.3) is 0 Å². The van der Waals surface area contributed by atoms with Crippen molar-refractivity contribution in [3.8, 4) is 0 Å². The maximum atomic E-state index is 11.4. The smallest absolute Gasteiger partial charge is 0.349 e. The van der Waals surface area contributed by atoms with Crippen molar-refractivity contribution in [2.75, 3.05) is 13.7 Å². The number of ether oxygens (including phenoxy) is 1. The zero-order chi connectivity index (χ0) is 12.4. The Morgan fingerprint density at radius 2 is 2.41 bits per heavy atom. The topological polar surface area (TPSA) is 72.3 Å². The lowest BCUT2D eigenvalue weighted by molar-refractivity contribution is 0.197. The van der Waals surface area contributed by atoms with Gasteiger partial charge < -0.3 is 4.74 Å². The Hall–Kier alpha value is -1.40. The lowest BCUT2D eigenvalue weighted by atomic mass is 10.2. The van der Waals surface area contributed by atoms with Crippen LogP contribution in [0, 0.1) is 6.92 Å². The molecule has 0 spiro atoms. The van der Waals surface area contributed by atoms with Crippen LogP contribution in [0.3, 0.4) is 0 Å². The van der Waals surface area contributed by atoms with Crippen molar-refractivity contribution in [2.24, 2.45) is 0 Å². The minimum Gasteiger partial charge on any atom is -0.383 e. The SMILES string of the molecule is COCC(Cl)Cc1cc2n[nH]c(=O)n2c(C)n1. The van der Waals surface area contributed by atoms with Crippen LogP contribution in [0.4, 0.5) is 0 Å². The van der Waals surface area contributed by atoms with E-state index in [2.05, 4.69) is 15.2 Å². The summed E-state index contributed by atoms with van der Waals surface area (Å²) in [6.07, 6.45) is 0.577. The molecule has 1 unspecified atom stereocenters. The first-order chi connectivity index (χ1) is 8.11. The summed E-state index contributed by atoms with van der Waals surface area (Å²) in [7, 11) is 1.60. The van der Waals surface area contributed by atoms with Gasteiger partial charge >= 0.3 is 5.69 Å². The summed E-state index contributed by atoms with van der Waals surface area (Å²) in [5.41, 5.74) is 1.07. The number of aryl methyl sites for hydroxylation is 1. The van der Waals surface area contributed by atoms with E-state index < -0.39 is 0 Å². The van der Waals surface area contributed by atoms with E-state index in [4.69, 9.17) is 16.3 Å². The highest BCUT2D eigenvalue weighted by atomic mass is 35.5. The molecule has 0 aliphatic carbocycles. The van der Waals surface area contributed by atoms with Crippen LogP contribution in [-0.4, -0.2) is 38.7 Å². The van der Waals surface area contributed by atoms with Crippen LogP contribution in [-0.2, 0) is 11.2 Å². The second-order valence-electron chi connectivity index (χ2n) is 3.77. The molecule has 2 aromatic heterocycles. The predicted molar refractivity (Wildman–Crippen MR) is 63.6 cm³/mol. The third-order valence-corrected chi connectivity index (χ3v) is 2.68. The summed E-state index contributed by atoms with van der Waals surface area (Å²) in [5, 5.41) is 6.15. The van der Waals surface area contributed by atoms with E-state index in [1.165, 1.54) is 4.40 Å². The van der Waals surface area contributed by atoms with E-state index in [1.54, 1.807) is 20.1 Å². The molecule has 2 aromatic rings. The highest BCUT2D eigenvalue weighted by Crippen LogP contribution is 2.09. The van der Waals surface area contributed by atoms with E-state index >= 15 is 0 Å². The van der Waals surface area contributed by atoms with Crippen molar-refractivity contribution in [3.05, 3.63) is 28.1 Å². The molecule has 92 valence electrons. The molecule has 1 atom stereocenters. The number of rotatable bonds is 4. The molecule has 0 aliphatic heterocycles. The van der Waals surface area contributed by atoms with Crippen molar-refractivity contribution < 1.29 is 4.74 Å². The fourth-order valence-corrected chi connectivity index (χ4v) is 2.01. The van der Waals surface area contributed by atoms with Crippen LogP contribution in [0.2, 0.25) is 0 Å². The van der Waals surface area contributed by atoms with Gasteiger partial charge in [-0.25, -0.2) is 19.3 Å². The molecule has 2 heterocycles. The van der Waals surface area contributed by atoms with Crippen molar-refractivity contribution in [1.82, 2.24) is 19.6 Å². The average molecular weight is 257 g/mol. The van der Waals surface area contributed by atoms with Crippen molar-refractivity contribution in [2.45, 2.75) is 18.7 Å². The van der Waals surface area contributed by atoms with Crippen LogP contribution < -0.4 is 5.69 Å². The fourth-order valence-electron chi connectivity index (χ4n) is 1.73. The fraction of sp³-hybridized carbons (Fsp3) is 0.500. The van der Waals surface area contributed by atoms with E-state index in [1.807, 2.05) is 0 Å². The molecule has 7 heteroatoms. The molecule has 0 radical (unpaired) electrons. The number of alkyl halides is 1. The van der Waals surface area contributed by atoms with Gasteiger partial charge in [0.2, 0.25) is 0 Å². The number of aromatic nitrogens is 4. The van der Waals surface area contributed by atoms with Gasteiger partial charge in [-0.15, -0.1) is 11.6 Å². The monoisotopic (exact) mass is 256 g/mol. The molecule has 17 heavy (non-hydrogen) atoms. The zero-order valence-corrected chi connectivity index (χ0v) is 10.4. The van der Waals surface area contributed by atoms with Crippen molar-refractivity contribution in [3.63, 3.8) is 0 Å². The Morgan fingerprint density at radius 1 is 1.65 bits per heavy atom. The first-order valence-corrected chi connectivity index (χ1v) is 5.62. The first-order valence-electron chi connectivity index (χ1n) is 5.18. The van der Waals surface area contributed by atoms with Crippen LogP contribution in [0.15, 0.2) is 10.9 Å². The summed E-state index contributed by atoms with van der Waals surface area (Å²) < 4.78 is 6.38. The maximum absolute atomic E-state index is 11.4. The normalized spacial score (nSPS) is 13.1.